The van der Waals surface area contributed by atoms with Gasteiger partial charge in [-0.05, 0) is 11.5 Å². The topological polar surface area (TPSA) is 49.7 Å². The number of hydrogen-bond donors (Lipinski definition) is 2. The number of aliphatic hydroxyl groups excluding tert-OH is 2. The highest BCUT2D eigenvalue weighted by Gasteiger charge is 2.16. The number of ether oxygens (including phenoxy) is 1. The van der Waals surface area contributed by atoms with Crippen molar-refractivity contribution in [2.45, 2.75) is 32.7 Å². The third kappa shape index (κ3) is 5.45. The van der Waals surface area contributed by atoms with Gasteiger partial charge in [0.15, 0.2) is 0 Å². The zero-order chi connectivity index (χ0) is 13.4. The minimum atomic E-state index is -0.777. The van der Waals surface area contributed by atoms with Crippen molar-refractivity contribution in [1.29, 1.82) is 0 Å². The molecule has 0 aliphatic heterocycles. The average molecular weight is 250 g/mol. The maximum atomic E-state index is 9.86. The van der Waals surface area contributed by atoms with Crippen molar-refractivity contribution in [3.63, 3.8) is 0 Å². The van der Waals surface area contributed by atoms with Gasteiger partial charge in [0.05, 0.1) is 13.2 Å². The van der Waals surface area contributed by atoms with E-state index in [-0.39, 0.29) is 6.61 Å². The van der Waals surface area contributed by atoms with E-state index in [1.54, 1.807) is 6.08 Å². The first kappa shape index (κ1) is 14.9. The Kier molecular flexibility index (Phi) is 6.65. The molecular weight excluding hydrogens is 228 g/mol. The molecule has 0 unspecified atom stereocenters. The Bertz CT molecular complexity index is 346. The molecule has 0 saturated heterocycles. The van der Waals surface area contributed by atoms with E-state index < -0.39 is 12.2 Å². The number of allylic oxidation sites excluding steroid dienone is 1. The van der Waals surface area contributed by atoms with Crippen LogP contribution in [0.15, 0.2) is 42.5 Å². The van der Waals surface area contributed by atoms with E-state index in [4.69, 9.17) is 4.74 Å². The van der Waals surface area contributed by atoms with E-state index in [1.165, 1.54) is 0 Å². The van der Waals surface area contributed by atoms with E-state index in [2.05, 4.69) is 0 Å². The van der Waals surface area contributed by atoms with Crippen molar-refractivity contribution in [2.75, 3.05) is 6.61 Å². The summed E-state index contributed by atoms with van der Waals surface area (Å²) in [6, 6.07) is 9.70. The second-order valence-corrected chi connectivity index (χ2v) is 4.64. The fourth-order valence-corrected chi connectivity index (χ4v) is 1.50. The summed E-state index contributed by atoms with van der Waals surface area (Å²) in [6.45, 7) is 4.25. The lowest BCUT2D eigenvalue weighted by atomic mass is 10.1. The van der Waals surface area contributed by atoms with Gasteiger partial charge in [-0.15, -0.1) is 0 Å². The molecule has 3 heteroatoms. The van der Waals surface area contributed by atoms with Gasteiger partial charge in [0.25, 0.3) is 0 Å². The first-order valence-corrected chi connectivity index (χ1v) is 6.26. The van der Waals surface area contributed by atoms with Gasteiger partial charge in [0.1, 0.15) is 12.2 Å². The van der Waals surface area contributed by atoms with Crippen LogP contribution in [0.4, 0.5) is 0 Å². The molecule has 0 aliphatic rings. The Morgan fingerprint density at radius 3 is 2.39 bits per heavy atom. The maximum Gasteiger partial charge on any atom is 0.110 e. The number of rotatable bonds is 7. The normalized spacial score (nSPS) is 15.2. The van der Waals surface area contributed by atoms with Gasteiger partial charge < -0.3 is 14.9 Å². The SMILES string of the molecule is CC(C)/C=C/[C@@H](O)[C@@H](CO)OCc1ccccc1. The van der Waals surface area contributed by atoms with E-state index in [1.807, 2.05) is 50.3 Å². The van der Waals surface area contributed by atoms with Crippen LogP contribution in [0.1, 0.15) is 19.4 Å². The fraction of sp³-hybridized carbons (Fsp3) is 0.467. The highest BCUT2D eigenvalue weighted by Crippen LogP contribution is 2.08. The second kappa shape index (κ2) is 8.03. The van der Waals surface area contributed by atoms with Crippen molar-refractivity contribution >= 4 is 0 Å². The monoisotopic (exact) mass is 250 g/mol. The molecule has 3 nitrogen and oxygen atoms in total. The van der Waals surface area contributed by atoms with Gasteiger partial charge in [-0.1, -0.05) is 56.3 Å². The van der Waals surface area contributed by atoms with Gasteiger partial charge in [0, 0.05) is 0 Å². The van der Waals surface area contributed by atoms with Crippen LogP contribution < -0.4 is 0 Å². The standard InChI is InChI=1S/C15H22O3/c1-12(2)8-9-14(17)15(10-16)18-11-13-6-4-3-5-7-13/h3-9,12,14-17H,10-11H2,1-2H3/b9-8+/t14-,15-/m1/s1. The van der Waals surface area contributed by atoms with Crippen LogP contribution in [0.25, 0.3) is 0 Å². The largest absolute Gasteiger partial charge is 0.394 e. The molecule has 0 spiro atoms. The Morgan fingerprint density at radius 1 is 1.17 bits per heavy atom. The molecule has 0 aromatic heterocycles. The van der Waals surface area contributed by atoms with E-state index in [0.29, 0.717) is 12.5 Å². The van der Waals surface area contributed by atoms with E-state index in [0.717, 1.165) is 5.56 Å². The minimum Gasteiger partial charge on any atom is -0.394 e. The number of benzene rings is 1. The Hall–Kier alpha value is -1.16. The Balaban J connectivity index is 2.46. The fourth-order valence-electron chi connectivity index (χ4n) is 1.50. The summed E-state index contributed by atoms with van der Waals surface area (Å²) in [5.41, 5.74) is 1.02. The first-order chi connectivity index (χ1) is 8.63. The van der Waals surface area contributed by atoms with Gasteiger partial charge in [0.2, 0.25) is 0 Å². The zero-order valence-electron chi connectivity index (χ0n) is 11.0. The van der Waals surface area contributed by atoms with Crippen LogP contribution in [-0.2, 0) is 11.3 Å². The molecule has 0 fully saturated rings. The summed E-state index contributed by atoms with van der Waals surface area (Å²) in [5.74, 6) is 0.369. The van der Waals surface area contributed by atoms with Crippen LogP contribution in [0.5, 0.6) is 0 Å². The van der Waals surface area contributed by atoms with Crippen molar-refractivity contribution < 1.29 is 14.9 Å². The smallest absolute Gasteiger partial charge is 0.110 e. The summed E-state index contributed by atoms with van der Waals surface area (Å²) < 4.78 is 5.52. The summed E-state index contributed by atoms with van der Waals surface area (Å²) >= 11 is 0. The minimum absolute atomic E-state index is 0.198. The van der Waals surface area contributed by atoms with Gasteiger partial charge in [-0.3, -0.25) is 0 Å². The lowest BCUT2D eigenvalue weighted by Gasteiger charge is -2.19. The first-order valence-electron chi connectivity index (χ1n) is 6.26. The molecule has 1 rings (SSSR count). The maximum absolute atomic E-state index is 9.86. The van der Waals surface area contributed by atoms with Gasteiger partial charge >= 0.3 is 0 Å². The summed E-state index contributed by atoms with van der Waals surface area (Å²) in [5, 5.41) is 19.1. The predicted molar refractivity (Wildman–Crippen MR) is 72.1 cm³/mol. The van der Waals surface area contributed by atoms with Crippen LogP contribution in [0, 0.1) is 5.92 Å². The Morgan fingerprint density at radius 2 is 1.83 bits per heavy atom. The van der Waals surface area contributed by atoms with E-state index >= 15 is 0 Å². The summed E-state index contributed by atoms with van der Waals surface area (Å²) in [4.78, 5) is 0. The molecule has 0 aliphatic carbocycles. The lowest BCUT2D eigenvalue weighted by Crippen LogP contribution is -2.30. The molecule has 2 N–H and O–H groups in total. The molecule has 1 aromatic rings. The van der Waals surface area contributed by atoms with Crippen LogP contribution in [0.3, 0.4) is 0 Å². The molecule has 100 valence electrons. The van der Waals surface area contributed by atoms with Crippen molar-refractivity contribution in [3.05, 3.63) is 48.0 Å². The quantitative estimate of drug-likeness (QED) is 0.729. The van der Waals surface area contributed by atoms with Gasteiger partial charge in [-0.25, -0.2) is 0 Å². The summed E-state index contributed by atoms with van der Waals surface area (Å²) in [7, 11) is 0. The average Bonchev–Trinajstić information content (AvgIpc) is 2.38. The Labute approximate surface area is 109 Å². The lowest BCUT2D eigenvalue weighted by molar-refractivity contribution is -0.0541. The number of hydrogen-bond acceptors (Lipinski definition) is 3. The molecule has 0 heterocycles. The second-order valence-electron chi connectivity index (χ2n) is 4.64. The summed E-state index contributed by atoms with van der Waals surface area (Å²) in [6.07, 6.45) is 2.22. The molecule has 0 saturated carbocycles. The van der Waals surface area contributed by atoms with Crippen molar-refractivity contribution in [3.8, 4) is 0 Å². The molecule has 0 amide bonds. The van der Waals surface area contributed by atoms with E-state index in [9.17, 15) is 10.2 Å². The molecule has 1 aromatic carbocycles. The van der Waals surface area contributed by atoms with Crippen LogP contribution in [0.2, 0.25) is 0 Å². The van der Waals surface area contributed by atoms with Gasteiger partial charge in [-0.2, -0.15) is 0 Å². The number of aliphatic hydroxyl groups is 2. The van der Waals surface area contributed by atoms with Crippen molar-refractivity contribution in [1.82, 2.24) is 0 Å². The molecule has 0 bridgehead atoms. The molecule has 18 heavy (non-hydrogen) atoms. The highest BCUT2D eigenvalue weighted by molar-refractivity contribution is 5.13. The molecule has 0 radical (unpaired) electrons. The third-order valence-corrected chi connectivity index (χ3v) is 2.56. The molecule has 2 atom stereocenters. The highest BCUT2D eigenvalue weighted by atomic mass is 16.5. The van der Waals surface area contributed by atoms with Crippen molar-refractivity contribution in [2.24, 2.45) is 5.92 Å². The molecular formula is C15H22O3. The zero-order valence-corrected chi connectivity index (χ0v) is 11.0. The van der Waals surface area contributed by atoms with Crippen LogP contribution in [-0.4, -0.2) is 29.0 Å². The van der Waals surface area contributed by atoms with Crippen LogP contribution >= 0.6 is 0 Å². The third-order valence-electron chi connectivity index (χ3n) is 2.56. The predicted octanol–water partition coefficient (Wildman–Crippen LogP) is 2.14.